The highest BCUT2D eigenvalue weighted by Crippen LogP contribution is 2.51. The molecule has 4 aromatic heterocycles. The Morgan fingerprint density at radius 2 is 1.20 bits per heavy atom. The average molecular weight is 673 g/mol. The van der Waals surface area contributed by atoms with Crippen molar-refractivity contribution in [2.24, 2.45) is 0 Å². The van der Waals surface area contributed by atoms with Gasteiger partial charge in [-0.15, -0.1) is 22.7 Å². The minimum absolute atomic E-state index is 0.111. The second-order valence-corrected chi connectivity index (χ2v) is 15.3. The zero-order chi connectivity index (χ0) is 32.5. The van der Waals surface area contributed by atoms with E-state index in [9.17, 15) is 0 Å². The van der Waals surface area contributed by atoms with Crippen LogP contribution in [0.2, 0.25) is 0 Å². The molecule has 1 aliphatic rings. The van der Waals surface area contributed by atoms with E-state index in [1.165, 1.54) is 57.9 Å². The molecule has 0 amide bonds. The summed E-state index contributed by atoms with van der Waals surface area (Å²) in [5.41, 5.74) is 9.69. The van der Waals surface area contributed by atoms with Crippen LogP contribution in [0.5, 0.6) is 0 Å². The number of furan rings is 1. The lowest BCUT2D eigenvalue weighted by atomic mass is 9.93. The minimum Gasteiger partial charge on any atom is -0.455 e. The van der Waals surface area contributed by atoms with E-state index in [4.69, 9.17) is 14.4 Å². The largest absolute Gasteiger partial charge is 0.455 e. The Bertz CT molecular complexity index is 3240. The molecule has 1 aliphatic carbocycles. The average Bonchev–Trinajstić information content (AvgIpc) is 3.92. The topological polar surface area (TPSA) is 38.9 Å². The van der Waals surface area contributed by atoms with Crippen molar-refractivity contribution in [3.8, 4) is 22.4 Å². The van der Waals surface area contributed by atoms with Gasteiger partial charge in [0.15, 0.2) is 0 Å². The molecule has 0 saturated carbocycles. The number of thiophene rings is 2. The van der Waals surface area contributed by atoms with E-state index < -0.39 is 0 Å². The first kappa shape index (κ1) is 27.0. The highest BCUT2D eigenvalue weighted by Gasteiger charge is 2.34. The molecule has 0 saturated heterocycles. The van der Waals surface area contributed by atoms with Crippen LogP contribution in [0.15, 0.2) is 144 Å². The first-order valence-electron chi connectivity index (χ1n) is 16.9. The van der Waals surface area contributed by atoms with Gasteiger partial charge in [-0.05, 0) is 64.0 Å². The number of fused-ring (bicyclic) bond motifs is 14. The molecule has 11 aromatic rings. The summed E-state index contributed by atoms with van der Waals surface area (Å²) >= 11 is 3.65. The summed E-state index contributed by atoms with van der Waals surface area (Å²) in [5, 5.41) is 8.57. The van der Waals surface area contributed by atoms with Crippen LogP contribution < -0.4 is 0 Å². The fourth-order valence-corrected chi connectivity index (χ4v) is 10.7. The van der Waals surface area contributed by atoms with Gasteiger partial charge in [0.25, 0.3) is 0 Å². The van der Waals surface area contributed by atoms with E-state index in [0.717, 1.165) is 54.6 Å². The van der Waals surface area contributed by atoms with Crippen molar-refractivity contribution in [1.29, 1.82) is 0 Å². The van der Waals surface area contributed by atoms with Crippen LogP contribution in [0.1, 0.15) is 22.9 Å². The summed E-state index contributed by atoms with van der Waals surface area (Å²) in [6, 6.07) is 50.3. The predicted molar refractivity (Wildman–Crippen MR) is 211 cm³/mol. The second kappa shape index (κ2) is 9.85. The third kappa shape index (κ3) is 3.58. The Balaban J connectivity index is 1.16. The van der Waals surface area contributed by atoms with E-state index in [1.54, 1.807) is 11.3 Å². The van der Waals surface area contributed by atoms with Gasteiger partial charge in [0.05, 0.1) is 21.8 Å². The number of rotatable bonds is 2. The van der Waals surface area contributed by atoms with Gasteiger partial charge in [-0.2, -0.15) is 0 Å². The normalized spacial score (nSPS) is 14.2. The molecule has 7 aromatic carbocycles. The molecule has 0 aliphatic heterocycles. The third-order valence-corrected chi connectivity index (χ3v) is 12.9. The molecule has 3 nitrogen and oxygen atoms in total. The number of hydrogen-bond donors (Lipinski definition) is 0. The molecular formula is C45H24N2OS2. The van der Waals surface area contributed by atoms with Gasteiger partial charge in [0.2, 0.25) is 0 Å². The van der Waals surface area contributed by atoms with E-state index >= 15 is 0 Å². The highest BCUT2D eigenvalue weighted by molar-refractivity contribution is 7.27. The van der Waals surface area contributed by atoms with Crippen LogP contribution in [-0.4, -0.2) is 9.97 Å². The Kier molecular flexibility index (Phi) is 5.32. The van der Waals surface area contributed by atoms with Crippen LogP contribution >= 0.6 is 22.7 Å². The zero-order valence-corrected chi connectivity index (χ0v) is 28.1. The molecule has 0 fully saturated rings. The van der Waals surface area contributed by atoms with Gasteiger partial charge in [-0.3, -0.25) is 0 Å². The van der Waals surface area contributed by atoms with E-state index in [0.29, 0.717) is 0 Å². The summed E-state index contributed by atoms with van der Waals surface area (Å²) in [6.07, 6.45) is 0. The highest BCUT2D eigenvalue weighted by atomic mass is 32.1. The lowest BCUT2D eigenvalue weighted by molar-refractivity contribution is 0.670. The van der Waals surface area contributed by atoms with Crippen molar-refractivity contribution in [1.82, 2.24) is 9.97 Å². The summed E-state index contributed by atoms with van der Waals surface area (Å²) < 4.78 is 11.5. The molecule has 5 heteroatoms. The van der Waals surface area contributed by atoms with Crippen molar-refractivity contribution in [3.63, 3.8) is 0 Å². The number of nitrogens with zero attached hydrogens (tertiary/aromatic N) is 2. The maximum atomic E-state index is 6.59. The Morgan fingerprint density at radius 1 is 0.480 bits per heavy atom. The number of para-hydroxylation sites is 2. The molecule has 4 heterocycles. The van der Waals surface area contributed by atoms with Crippen molar-refractivity contribution in [3.05, 3.63) is 156 Å². The Hall–Kier alpha value is -5.88. The van der Waals surface area contributed by atoms with Crippen molar-refractivity contribution < 1.29 is 4.42 Å². The quantitative estimate of drug-likeness (QED) is 0.183. The zero-order valence-electron chi connectivity index (χ0n) is 26.5. The number of benzene rings is 7. The van der Waals surface area contributed by atoms with Crippen LogP contribution in [0.25, 0.3) is 95.6 Å². The van der Waals surface area contributed by atoms with Crippen LogP contribution in [-0.2, 0) is 0 Å². The Labute approximate surface area is 293 Å². The smallest absolute Gasteiger partial charge is 0.144 e. The van der Waals surface area contributed by atoms with Gasteiger partial charge in [-0.1, -0.05) is 103 Å². The monoisotopic (exact) mass is 672 g/mol. The fourth-order valence-electron chi connectivity index (χ4n) is 8.34. The lowest BCUT2D eigenvalue weighted by Gasteiger charge is -2.15. The molecule has 232 valence electrons. The molecule has 1 atom stereocenters. The second-order valence-electron chi connectivity index (χ2n) is 13.2. The fraction of sp³-hybridized carbons (Fsp3) is 0.0222. The van der Waals surface area contributed by atoms with Gasteiger partial charge in [0.1, 0.15) is 17.0 Å². The maximum absolute atomic E-state index is 6.59. The number of aromatic nitrogens is 2. The van der Waals surface area contributed by atoms with Gasteiger partial charge in [0, 0.05) is 52.0 Å². The summed E-state index contributed by atoms with van der Waals surface area (Å²) in [6.45, 7) is 0. The number of hydrogen-bond acceptors (Lipinski definition) is 5. The van der Waals surface area contributed by atoms with Crippen molar-refractivity contribution in [2.75, 3.05) is 0 Å². The molecule has 0 N–H and O–H groups in total. The molecule has 1 unspecified atom stereocenters. The van der Waals surface area contributed by atoms with Crippen LogP contribution in [0.3, 0.4) is 0 Å². The molecular weight excluding hydrogens is 649 g/mol. The molecule has 0 spiro atoms. The van der Waals surface area contributed by atoms with Crippen molar-refractivity contribution >= 4 is 95.9 Å². The van der Waals surface area contributed by atoms with Crippen LogP contribution in [0.4, 0.5) is 0 Å². The van der Waals surface area contributed by atoms with Gasteiger partial charge in [-0.25, -0.2) is 9.97 Å². The van der Waals surface area contributed by atoms with Gasteiger partial charge >= 0.3 is 0 Å². The predicted octanol–water partition coefficient (Wildman–Crippen LogP) is 13.1. The van der Waals surface area contributed by atoms with E-state index in [-0.39, 0.29) is 5.92 Å². The standard InChI is InChI=1S/C45H24N2OS2/c1-2-13-28-25(10-1)34-23-33-24(20-21-30-27-12-4-7-18-37(27)49-43(30)33)22-35(34)39(28)45-46-40-31-14-5-8-19-38(31)50-44(40)41(47-45)32-16-9-15-29-26-11-3-6-17-36(26)48-42(29)32/h1-23,39H. The summed E-state index contributed by atoms with van der Waals surface area (Å²) in [4.78, 5) is 11.0. The molecule has 0 radical (unpaired) electrons. The molecule has 50 heavy (non-hydrogen) atoms. The van der Waals surface area contributed by atoms with E-state index in [2.05, 4.69) is 127 Å². The summed E-state index contributed by atoms with van der Waals surface area (Å²) in [7, 11) is 0. The third-order valence-electron chi connectivity index (χ3n) is 10.6. The summed E-state index contributed by atoms with van der Waals surface area (Å²) in [5.74, 6) is 0.707. The van der Waals surface area contributed by atoms with E-state index in [1.807, 2.05) is 23.5 Å². The SMILES string of the molecule is c1ccc2c(c1)-c1cc3c(ccc4c5ccccc5sc34)cc1C2c1nc(-c2cccc3c2oc2ccccc23)c2sc3ccccc3c2n1. The lowest BCUT2D eigenvalue weighted by Crippen LogP contribution is -2.06. The first-order chi connectivity index (χ1) is 24.8. The molecule has 12 rings (SSSR count). The maximum Gasteiger partial charge on any atom is 0.144 e. The minimum atomic E-state index is -0.111. The van der Waals surface area contributed by atoms with Crippen LogP contribution in [0, 0.1) is 0 Å². The van der Waals surface area contributed by atoms with Gasteiger partial charge < -0.3 is 4.42 Å². The molecule has 0 bridgehead atoms. The van der Waals surface area contributed by atoms with Crippen molar-refractivity contribution in [2.45, 2.75) is 5.92 Å². The Morgan fingerprint density at radius 3 is 2.12 bits per heavy atom. The first-order valence-corrected chi connectivity index (χ1v) is 18.5.